The Morgan fingerprint density at radius 3 is 3.00 bits per heavy atom. The van der Waals surface area contributed by atoms with Crippen LogP contribution >= 0.6 is 11.8 Å². The molecular formula is C9H18S. The first kappa shape index (κ1) is 8.45. The first-order valence-electron chi connectivity index (χ1n) is 4.51. The van der Waals surface area contributed by atoms with E-state index >= 15 is 0 Å². The molecule has 0 aliphatic carbocycles. The van der Waals surface area contributed by atoms with Crippen molar-refractivity contribution in [1.82, 2.24) is 0 Å². The summed E-state index contributed by atoms with van der Waals surface area (Å²) in [4.78, 5) is 0. The minimum absolute atomic E-state index is 1.07. The van der Waals surface area contributed by atoms with Crippen molar-refractivity contribution in [3.8, 4) is 0 Å². The van der Waals surface area contributed by atoms with Crippen molar-refractivity contribution in [2.24, 2.45) is 5.92 Å². The highest BCUT2D eigenvalue weighted by Crippen LogP contribution is 2.25. The predicted octanol–water partition coefficient (Wildman–Crippen LogP) is 3.32. The SMILES string of the molecule is CCCC1CCCSCC1. The molecule has 0 amide bonds. The summed E-state index contributed by atoms with van der Waals surface area (Å²) in [6.45, 7) is 2.30. The smallest absolute Gasteiger partial charge is 0.00649 e. The topological polar surface area (TPSA) is 0 Å². The largest absolute Gasteiger partial charge is 0.162 e. The fourth-order valence-corrected chi connectivity index (χ4v) is 2.74. The fourth-order valence-electron chi connectivity index (χ4n) is 1.67. The summed E-state index contributed by atoms with van der Waals surface area (Å²) >= 11 is 2.15. The summed E-state index contributed by atoms with van der Waals surface area (Å²) in [5.74, 6) is 3.91. The molecule has 0 aromatic carbocycles. The first-order valence-corrected chi connectivity index (χ1v) is 5.66. The summed E-state index contributed by atoms with van der Waals surface area (Å²) < 4.78 is 0. The molecule has 0 nitrogen and oxygen atoms in total. The number of rotatable bonds is 2. The van der Waals surface area contributed by atoms with Gasteiger partial charge in [-0.1, -0.05) is 19.8 Å². The predicted molar refractivity (Wildman–Crippen MR) is 49.6 cm³/mol. The quantitative estimate of drug-likeness (QED) is 0.594. The molecule has 0 aromatic heterocycles. The van der Waals surface area contributed by atoms with Gasteiger partial charge >= 0.3 is 0 Å². The van der Waals surface area contributed by atoms with E-state index < -0.39 is 0 Å². The highest BCUT2D eigenvalue weighted by Gasteiger charge is 2.10. The molecule has 0 N–H and O–H groups in total. The lowest BCUT2D eigenvalue weighted by molar-refractivity contribution is 0.437. The Kier molecular flexibility index (Phi) is 4.27. The maximum absolute atomic E-state index is 2.30. The minimum atomic E-state index is 1.07. The van der Waals surface area contributed by atoms with Crippen LogP contribution in [0.3, 0.4) is 0 Å². The molecule has 0 radical (unpaired) electrons. The molecule has 0 spiro atoms. The van der Waals surface area contributed by atoms with Gasteiger partial charge in [-0.3, -0.25) is 0 Å². The Balaban J connectivity index is 2.15. The van der Waals surface area contributed by atoms with Gasteiger partial charge in [-0.05, 0) is 36.7 Å². The second-order valence-corrected chi connectivity index (χ2v) is 4.42. The lowest BCUT2D eigenvalue weighted by atomic mass is 9.96. The van der Waals surface area contributed by atoms with Gasteiger partial charge in [0.2, 0.25) is 0 Å². The molecule has 0 bridgehead atoms. The van der Waals surface area contributed by atoms with E-state index in [4.69, 9.17) is 0 Å². The van der Waals surface area contributed by atoms with E-state index in [1.54, 1.807) is 0 Å². The van der Waals surface area contributed by atoms with Gasteiger partial charge in [-0.2, -0.15) is 11.8 Å². The molecule has 0 saturated carbocycles. The van der Waals surface area contributed by atoms with E-state index in [-0.39, 0.29) is 0 Å². The van der Waals surface area contributed by atoms with Gasteiger partial charge in [0.25, 0.3) is 0 Å². The third-order valence-electron chi connectivity index (χ3n) is 2.27. The van der Waals surface area contributed by atoms with Crippen LogP contribution in [-0.4, -0.2) is 11.5 Å². The van der Waals surface area contributed by atoms with E-state index in [1.165, 1.54) is 43.6 Å². The molecule has 1 heteroatoms. The lowest BCUT2D eigenvalue weighted by Gasteiger charge is -2.10. The molecule has 1 fully saturated rings. The zero-order valence-electron chi connectivity index (χ0n) is 6.94. The van der Waals surface area contributed by atoms with Crippen LogP contribution in [-0.2, 0) is 0 Å². The highest BCUT2D eigenvalue weighted by molar-refractivity contribution is 7.99. The number of hydrogen-bond acceptors (Lipinski definition) is 1. The van der Waals surface area contributed by atoms with E-state index in [0.717, 1.165) is 5.92 Å². The Morgan fingerprint density at radius 1 is 1.30 bits per heavy atom. The summed E-state index contributed by atoms with van der Waals surface area (Å²) in [6.07, 6.45) is 7.31. The van der Waals surface area contributed by atoms with Gasteiger partial charge < -0.3 is 0 Å². The Hall–Kier alpha value is 0.350. The molecular weight excluding hydrogens is 140 g/mol. The van der Waals surface area contributed by atoms with Gasteiger partial charge in [-0.25, -0.2) is 0 Å². The summed E-state index contributed by atoms with van der Waals surface area (Å²) in [7, 11) is 0. The van der Waals surface area contributed by atoms with Crippen molar-refractivity contribution in [2.75, 3.05) is 11.5 Å². The monoisotopic (exact) mass is 158 g/mol. The van der Waals surface area contributed by atoms with E-state index in [2.05, 4.69) is 18.7 Å². The maximum Gasteiger partial charge on any atom is -0.00649 e. The van der Waals surface area contributed by atoms with E-state index in [0.29, 0.717) is 0 Å². The van der Waals surface area contributed by atoms with Gasteiger partial charge in [0, 0.05) is 0 Å². The van der Waals surface area contributed by atoms with Gasteiger partial charge in [0.15, 0.2) is 0 Å². The normalized spacial score (nSPS) is 27.9. The first-order chi connectivity index (χ1) is 4.93. The van der Waals surface area contributed by atoms with E-state index in [9.17, 15) is 0 Å². The minimum Gasteiger partial charge on any atom is -0.162 e. The fraction of sp³-hybridized carbons (Fsp3) is 1.00. The molecule has 1 aliphatic rings. The van der Waals surface area contributed by atoms with Crippen molar-refractivity contribution < 1.29 is 0 Å². The summed E-state index contributed by atoms with van der Waals surface area (Å²) in [5.41, 5.74) is 0. The Bertz CT molecular complexity index is 72.8. The van der Waals surface area contributed by atoms with Crippen LogP contribution in [0.25, 0.3) is 0 Å². The Morgan fingerprint density at radius 2 is 2.20 bits per heavy atom. The molecule has 0 aromatic rings. The standard InChI is InChI=1S/C9H18S/c1-2-4-9-5-3-7-10-8-6-9/h9H,2-8H2,1H3. The average Bonchev–Trinajstić information content (AvgIpc) is 2.17. The molecule has 1 unspecified atom stereocenters. The van der Waals surface area contributed by atoms with Crippen LogP contribution in [0.15, 0.2) is 0 Å². The second-order valence-electron chi connectivity index (χ2n) is 3.20. The van der Waals surface area contributed by atoms with Crippen LogP contribution < -0.4 is 0 Å². The number of thioether (sulfide) groups is 1. The third kappa shape index (κ3) is 2.96. The van der Waals surface area contributed by atoms with Crippen molar-refractivity contribution in [2.45, 2.75) is 39.0 Å². The van der Waals surface area contributed by atoms with Crippen molar-refractivity contribution >= 4 is 11.8 Å². The second kappa shape index (κ2) is 5.06. The summed E-state index contributed by atoms with van der Waals surface area (Å²) in [5, 5.41) is 0. The molecule has 1 aliphatic heterocycles. The van der Waals surface area contributed by atoms with Crippen molar-refractivity contribution in [3.63, 3.8) is 0 Å². The van der Waals surface area contributed by atoms with E-state index in [1.807, 2.05) is 0 Å². The van der Waals surface area contributed by atoms with Crippen molar-refractivity contribution in [1.29, 1.82) is 0 Å². The zero-order chi connectivity index (χ0) is 7.23. The van der Waals surface area contributed by atoms with Gasteiger partial charge in [-0.15, -0.1) is 0 Å². The molecule has 1 rings (SSSR count). The number of hydrogen-bond donors (Lipinski definition) is 0. The zero-order valence-corrected chi connectivity index (χ0v) is 7.75. The lowest BCUT2D eigenvalue weighted by Crippen LogP contribution is -1.98. The van der Waals surface area contributed by atoms with Crippen LogP contribution in [0, 0.1) is 5.92 Å². The summed E-state index contributed by atoms with van der Waals surface area (Å²) in [6, 6.07) is 0. The van der Waals surface area contributed by atoms with Crippen molar-refractivity contribution in [3.05, 3.63) is 0 Å². The molecule has 60 valence electrons. The van der Waals surface area contributed by atoms with Gasteiger partial charge in [0.05, 0.1) is 0 Å². The molecule has 1 heterocycles. The van der Waals surface area contributed by atoms with Crippen LogP contribution in [0.2, 0.25) is 0 Å². The highest BCUT2D eigenvalue weighted by atomic mass is 32.2. The van der Waals surface area contributed by atoms with Gasteiger partial charge in [0.1, 0.15) is 0 Å². The third-order valence-corrected chi connectivity index (χ3v) is 3.37. The Labute approximate surface area is 68.8 Å². The van der Waals surface area contributed by atoms with Crippen LogP contribution in [0.1, 0.15) is 39.0 Å². The molecule has 1 saturated heterocycles. The molecule has 1 atom stereocenters. The van der Waals surface area contributed by atoms with Crippen LogP contribution in [0.4, 0.5) is 0 Å². The maximum atomic E-state index is 2.30. The molecule has 10 heavy (non-hydrogen) atoms. The van der Waals surface area contributed by atoms with Crippen LogP contribution in [0.5, 0.6) is 0 Å². The average molecular weight is 158 g/mol.